The van der Waals surface area contributed by atoms with Crippen LogP contribution in [0.1, 0.15) is 32.3 Å². The number of hydrogen-bond donors (Lipinski definition) is 2. The van der Waals surface area contributed by atoms with Gasteiger partial charge in [-0.05, 0) is 24.8 Å². The highest BCUT2D eigenvalue weighted by Crippen LogP contribution is 2.16. The van der Waals surface area contributed by atoms with E-state index >= 15 is 0 Å². The first kappa shape index (κ1) is 16.1. The highest BCUT2D eigenvalue weighted by atomic mass is 16.6. The second-order valence-corrected chi connectivity index (χ2v) is 4.69. The van der Waals surface area contributed by atoms with Gasteiger partial charge in [-0.15, -0.1) is 0 Å². The fourth-order valence-electron chi connectivity index (χ4n) is 2.11. The van der Waals surface area contributed by atoms with E-state index < -0.39 is 16.4 Å². The summed E-state index contributed by atoms with van der Waals surface area (Å²) in [5.41, 5.74) is 0.110. The Morgan fingerprint density at radius 3 is 2.25 bits per heavy atom. The molecule has 0 aliphatic carbocycles. The molecule has 0 saturated heterocycles. The average Bonchev–Trinajstić information content (AvgIpc) is 2.44. The van der Waals surface area contributed by atoms with Crippen molar-refractivity contribution in [2.45, 2.75) is 38.6 Å². The van der Waals surface area contributed by atoms with Gasteiger partial charge in [0, 0.05) is 18.7 Å². The summed E-state index contributed by atoms with van der Waals surface area (Å²) in [6.45, 7) is 4.21. The van der Waals surface area contributed by atoms with E-state index in [2.05, 4.69) is 5.32 Å². The molecule has 0 atom stereocenters. The Balaban J connectivity index is 2.59. The first-order chi connectivity index (χ1) is 9.45. The lowest BCUT2D eigenvalue weighted by atomic mass is 9.92. The van der Waals surface area contributed by atoms with Crippen LogP contribution in [0.2, 0.25) is 0 Å². The molecule has 1 aromatic rings. The monoisotopic (exact) mass is 280 g/mol. The second kappa shape index (κ2) is 7.00. The molecule has 1 rings (SSSR count). The third kappa shape index (κ3) is 3.77. The van der Waals surface area contributed by atoms with Crippen molar-refractivity contribution in [2.24, 2.45) is 0 Å². The first-order valence-corrected chi connectivity index (χ1v) is 6.67. The summed E-state index contributed by atoms with van der Waals surface area (Å²) >= 11 is 0. The number of carboxylic acid groups (broad SMARTS) is 1. The van der Waals surface area contributed by atoms with Crippen LogP contribution in [0.25, 0.3) is 0 Å². The molecule has 0 radical (unpaired) electrons. The van der Waals surface area contributed by atoms with Crippen LogP contribution in [-0.4, -0.2) is 28.1 Å². The van der Waals surface area contributed by atoms with Crippen LogP contribution in [0.3, 0.4) is 0 Å². The maximum Gasteiger partial charge on any atom is 0.323 e. The number of nitro benzene ring substituents is 1. The van der Waals surface area contributed by atoms with Gasteiger partial charge in [0.25, 0.3) is 5.69 Å². The van der Waals surface area contributed by atoms with Gasteiger partial charge in [-0.2, -0.15) is 0 Å². The van der Waals surface area contributed by atoms with Crippen molar-refractivity contribution in [3.05, 3.63) is 39.9 Å². The van der Waals surface area contributed by atoms with Crippen molar-refractivity contribution >= 4 is 11.7 Å². The van der Waals surface area contributed by atoms with Crippen LogP contribution in [0.5, 0.6) is 0 Å². The molecule has 20 heavy (non-hydrogen) atoms. The van der Waals surface area contributed by atoms with Gasteiger partial charge in [-0.1, -0.05) is 26.0 Å². The number of aliphatic carboxylic acids is 1. The van der Waals surface area contributed by atoms with E-state index in [9.17, 15) is 20.0 Å². The van der Waals surface area contributed by atoms with Gasteiger partial charge in [0.15, 0.2) is 0 Å². The number of hydrogen-bond acceptors (Lipinski definition) is 4. The Hall–Kier alpha value is -1.95. The van der Waals surface area contributed by atoms with Gasteiger partial charge < -0.3 is 10.4 Å². The van der Waals surface area contributed by atoms with E-state index in [1.54, 1.807) is 12.1 Å². The Labute approximate surface area is 118 Å². The van der Waals surface area contributed by atoms with Gasteiger partial charge in [-0.3, -0.25) is 14.9 Å². The lowest BCUT2D eigenvalue weighted by Gasteiger charge is -2.28. The maximum atomic E-state index is 11.3. The highest BCUT2D eigenvalue weighted by molar-refractivity contribution is 5.78. The lowest BCUT2D eigenvalue weighted by Crippen LogP contribution is -2.51. The number of carboxylic acids is 1. The molecule has 6 heteroatoms. The molecular formula is C14H20N2O4. The van der Waals surface area contributed by atoms with Crippen molar-refractivity contribution in [3.63, 3.8) is 0 Å². The van der Waals surface area contributed by atoms with Crippen LogP contribution < -0.4 is 5.32 Å². The number of carbonyl (C=O) groups is 1. The van der Waals surface area contributed by atoms with E-state index in [1.807, 2.05) is 13.8 Å². The van der Waals surface area contributed by atoms with E-state index in [-0.39, 0.29) is 5.69 Å². The third-order valence-corrected chi connectivity index (χ3v) is 3.64. The minimum atomic E-state index is -0.888. The van der Waals surface area contributed by atoms with Crippen molar-refractivity contribution in [2.75, 3.05) is 6.54 Å². The number of nitrogens with one attached hydrogen (secondary N) is 1. The number of nitrogens with zero attached hydrogens (tertiary/aromatic N) is 1. The zero-order chi connectivity index (χ0) is 15.2. The quantitative estimate of drug-likeness (QED) is 0.563. The van der Waals surface area contributed by atoms with Gasteiger partial charge in [0.1, 0.15) is 5.54 Å². The zero-order valence-electron chi connectivity index (χ0n) is 11.8. The molecular weight excluding hydrogens is 260 g/mol. The Morgan fingerprint density at radius 2 is 1.85 bits per heavy atom. The molecule has 0 unspecified atom stereocenters. The standard InChI is InChI=1S/C14H20N2O4/c1-3-14(4-2,13(17)18)15-10-9-11-5-7-12(8-6-11)16(19)20/h5-8,15H,3-4,9-10H2,1-2H3,(H,17,18). The predicted molar refractivity (Wildman–Crippen MR) is 75.8 cm³/mol. The minimum Gasteiger partial charge on any atom is -0.480 e. The van der Waals surface area contributed by atoms with E-state index in [4.69, 9.17) is 0 Å². The molecule has 110 valence electrons. The van der Waals surface area contributed by atoms with Crippen molar-refractivity contribution in [1.82, 2.24) is 5.32 Å². The van der Waals surface area contributed by atoms with E-state index in [0.29, 0.717) is 25.8 Å². The predicted octanol–water partition coefficient (Wildman–Crippen LogP) is 2.37. The summed E-state index contributed by atoms with van der Waals surface area (Å²) < 4.78 is 0. The molecule has 0 spiro atoms. The molecule has 0 aliphatic rings. The average molecular weight is 280 g/mol. The fraction of sp³-hybridized carbons (Fsp3) is 0.500. The van der Waals surface area contributed by atoms with Crippen LogP contribution in [0, 0.1) is 10.1 Å². The van der Waals surface area contributed by atoms with Crippen LogP contribution in [0.15, 0.2) is 24.3 Å². The normalized spacial score (nSPS) is 11.3. The van der Waals surface area contributed by atoms with E-state index in [0.717, 1.165) is 5.56 Å². The fourth-order valence-corrected chi connectivity index (χ4v) is 2.11. The molecule has 0 saturated carbocycles. The third-order valence-electron chi connectivity index (χ3n) is 3.64. The molecule has 0 fully saturated rings. The summed E-state index contributed by atoms with van der Waals surface area (Å²) in [7, 11) is 0. The SMILES string of the molecule is CCC(CC)(NCCc1ccc([N+](=O)[O-])cc1)C(=O)O. The zero-order valence-corrected chi connectivity index (χ0v) is 11.8. The molecule has 0 aliphatic heterocycles. The minimum absolute atomic E-state index is 0.0590. The molecule has 2 N–H and O–H groups in total. The molecule has 0 heterocycles. The van der Waals surface area contributed by atoms with Gasteiger partial charge >= 0.3 is 5.97 Å². The van der Waals surface area contributed by atoms with Crippen LogP contribution in [-0.2, 0) is 11.2 Å². The largest absolute Gasteiger partial charge is 0.480 e. The van der Waals surface area contributed by atoms with E-state index in [1.165, 1.54) is 12.1 Å². The smallest absolute Gasteiger partial charge is 0.323 e. The topological polar surface area (TPSA) is 92.5 Å². The number of nitro groups is 1. The number of benzene rings is 1. The van der Waals surface area contributed by atoms with Gasteiger partial charge in [0.2, 0.25) is 0 Å². The summed E-state index contributed by atoms with van der Waals surface area (Å²) in [6.07, 6.45) is 1.66. The summed E-state index contributed by atoms with van der Waals surface area (Å²) in [6, 6.07) is 6.30. The molecule has 0 amide bonds. The van der Waals surface area contributed by atoms with Crippen LogP contribution in [0.4, 0.5) is 5.69 Å². The second-order valence-electron chi connectivity index (χ2n) is 4.69. The van der Waals surface area contributed by atoms with Crippen molar-refractivity contribution in [1.29, 1.82) is 0 Å². The first-order valence-electron chi connectivity index (χ1n) is 6.67. The summed E-state index contributed by atoms with van der Waals surface area (Å²) in [5, 5.41) is 22.9. The lowest BCUT2D eigenvalue weighted by molar-refractivity contribution is -0.384. The summed E-state index contributed by atoms with van der Waals surface area (Å²) in [5.74, 6) is -0.841. The summed E-state index contributed by atoms with van der Waals surface area (Å²) in [4.78, 5) is 21.4. The Bertz CT molecular complexity index is 467. The Kier molecular flexibility index (Phi) is 5.64. The Morgan fingerprint density at radius 1 is 1.30 bits per heavy atom. The van der Waals surface area contributed by atoms with Crippen molar-refractivity contribution in [3.8, 4) is 0 Å². The molecule has 0 bridgehead atoms. The van der Waals surface area contributed by atoms with Gasteiger partial charge in [-0.25, -0.2) is 0 Å². The number of non-ortho nitro benzene ring substituents is 1. The van der Waals surface area contributed by atoms with Crippen molar-refractivity contribution < 1.29 is 14.8 Å². The van der Waals surface area contributed by atoms with Gasteiger partial charge in [0.05, 0.1) is 4.92 Å². The number of rotatable bonds is 8. The van der Waals surface area contributed by atoms with Crippen LogP contribution >= 0.6 is 0 Å². The highest BCUT2D eigenvalue weighted by Gasteiger charge is 2.33. The molecule has 6 nitrogen and oxygen atoms in total. The molecule has 1 aromatic carbocycles. The molecule has 0 aromatic heterocycles. The maximum absolute atomic E-state index is 11.3.